The van der Waals surface area contributed by atoms with Gasteiger partial charge in [0, 0.05) is 26.9 Å². The molecule has 0 radical (unpaired) electrons. The van der Waals surface area contributed by atoms with Gasteiger partial charge in [-0.25, -0.2) is 4.57 Å². The third kappa shape index (κ3) is 3.03. The Morgan fingerprint density at radius 1 is 0.906 bits per heavy atom. The van der Waals surface area contributed by atoms with E-state index in [2.05, 4.69) is 81.1 Å². The molecule has 3 heterocycles. The molecule has 0 unspecified atom stereocenters. The number of halogens is 1. The number of methoxy groups -OCH3 is 1. The maximum atomic E-state index is 6.21. The molecule has 0 fully saturated rings. The molecule has 6 aromatic rings. The summed E-state index contributed by atoms with van der Waals surface area (Å²) in [5, 5.41) is 3.18. The number of hydrogen-bond acceptors (Lipinski definition) is 1. The largest absolute Gasteiger partial charge is 0.497 e. The zero-order chi connectivity index (χ0) is 21.7. The molecule has 0 atom stereocenters. The third-order valence-corrected chi connectivity index (χ3v) is 6.30. The molecule has 0 aliphatic carbocycles. The first-order valence-corrected chi connectivity index (χ1v) is 10.9. The average molecular weight is 439 g/mol. The number of aromatic amines is 1. The fraction of sp³-hybridized carbons (Fsp3) is 0.0741. The van der Waals surface area contributed by atoms with E-state index in [1.54, 1.807) is 7.11 Å². The standard InChI is InChI=1S/C27H21ClN3O/c1-32-21-12-6-18(7-13-21)16-31-17-30-15-14-23-22-4-2-3-5-24(22)29-25(23)27(30)26(31)19-8-10-20(28)11-9-19/h2-15,17,29H,16H2,1H3/q+1. The summed E-state index contributed by atoms with van der Waals surface area (Å²) < 4.78 is 9.82. The summed E-state index contributed by atoms with van der Waals surface area (Å²) in [4.78, 5) is 3.66. The minimum absolute atomic E-state index is 0.731. The van der Waals surface area contributed by atoms with Crippen LogP contribution in [0.25, 0.3) is 38.6 Å². The first-order valence-electron chi connectivity index (χ1n) is 10.5. The summed E-state index contributed by atoms with van der Waals surface area (Å²) >= 11 is 6.21. The lowest BCUT2D eigenvalue weighted by atomic mass is 10.1. The highest BCUT2D eigenvalue weighted by atomic mass is 35.5. The molecule has 0 saturated heterocycles. The topological polar surface area (TPSA) is 33.3 Å². The number of nitrogens with one attached hydrogen (secondary N) is 1. The predicted octanol–water partition coefficient (Wildman–Crippen LogP) is 6.24. The SMILES string of the molecule is COc1ccc(C[n+]2cn3ccc4c5ccccc5[nH]c4c3c2-c2ccc(Cl)cc2)cc1. The highest BCUT2D eigenvalue weighted by molar-refractivity contribution is 6.30. The molecule has 5 heteroatoms. The second-order valence-corrected chi connectivity index (χ2v) is 8.41. The number of benzene rings is 3. The molecular weight excluding hydrogens is 418 g/mol. The number of pyridine rings is 1. The van der Waals surface area contributed by atoms with Crippen molar-refractivity contribution in [3.63, 3.8) is 0 Å². The van der Waals surface area contributed by atoms with Crippen LogP contribution >= 0.6 is 11.6 Å². The number of aromatic nitrogens is 3. The zero-order valence-corrected chi connectivity index (χ0v) is 18.3. The van der Waals surface area contributed by atoms with Gasteiger partial charge in [-0.1, -0.05) is 41.9 Å². The number of nitrogens with zero attached hydrogens (tertiary/aromatic N) is 2. The van der Waals surface area contributed by atoms with Crippen molar-refractivity contribution in [1.29, 1.82) is 0 Å². The van der Waals surface area contributed by atoms with Gasteiger partial charge in [-0.2, -0.15) is 4.40 Å². The van der Waals surface area contributed by atoms with Crippen LogP contribution in [0.5, 0.6) is 5.75 Å². The Bertz CT molecular complexity index is 1580. The van der Waals surface area contributed by atoms with Crippen molar-refractivity contribution in [2.24, 2.45) is 0 Å². The maximum absolute atomic E-state index is 6.21. The van der Waals surface area contributed by atoms with Crippen LogP contribution in [0.3, 0.4) is 0 Å². The Morgan fingerprint density at radius 2 is 1.69 bits per heavy atom. The van der Waals surface area contributed by atoms with Gasteiger partial charge >= 0.3 is 0 Å². The van der Waals surface area contributed by atoms with Gasteiger partial charge in [0.1, 0.15) is 12.3 Å². The van der Waals surface area contributed by atoms with Gasteiger partial charge in [-0.05, 0) is 54.1 Å². The lowest BCUT2D eigenvalue weighted by Gasteiger charge is -2.05. The molecule has 0 aliphatic rings. The van der Waals surface area contributed by atoms with E-state index in [0.717, 1.165) is 45.1 Å². The molecule has 0 amide bonds. The molecule has 0 bridgehead atoms. The van der Waals surface area contributed by atoms with Gasteiger partial charge in [0.05, 0.1) is 18.8 Å². The number of para-hydroxylation sites is 1. The van der Waals surface area contributed by atoms with Crippen LogP contribution in [0, 0.1) is 0 Å². The van der Waals surface area contributed by atoms with Gasteiger partial charge < -0.3 is 9.72 Å². The minimum Gasteiger partial charge on any atom is -0.497 e. The molecule has 1 N–H and O–H groups in total. The highest BCUT2D eigenvalue weighted by Crippen LogP contribution is 2.33. The molecule has 6 rings (SSSR count). The summed E-state index contributed by atoms with van der Waals surface area (Å²) in [6, 6.07) is 26.9. The Labute approximate surface area is 190 Å². The van der Waals surface area contributed by atoms with Crippen molar-refractivity contribution in [3.8, 4) is 17.0 Å². The van der Waals surface area contributed by atoms with Crippen LogP contribution in [0.15, 0.2) is 91.4 Å². The molecule has 3 aromatic heterocycles. The van der Waals surface area contributed by atoms with Gasteiger partial charge in [-0.3, -0.25) is 0 Å². The van der Waals surface area contributed by atoms with E-state index in [0.29, 0.717) is 0 Å². The fourth-order valence-corrected chi connectivity index (χ4v) is 4.65. The summed E-state index contributed by atoms with van der Waals surface area (Å²) in [6.45, 7) is 0.741. The second kappa shape index (κ2) is 7.43. The number of H-pyrrole nitrogens is 1. The third-order valence-electron chi connectivity index (χ3n) is 6.05. The number of rotatable bonds is 4. The molecule has 0 saturated carbocycles. The molecular formula is C27H21ClN3O+. The first-order chi connectivity index (χ1) is 15.7. The quantitative estimate of drug-likeness (QED) is 0.325. The molecule has 156 valence electrons. The van der Waals surface area contributed by atoms with E-state index >= 15 is 0 Å². The van der Waals surface area contributed by atoms with E-state index < -0.39 is 0 Å². The Morgan fingerprint density at radius 3 is 2.47 bits per heavy atom. The molecule has 0 spiro atoms. The molecule has 3 aromatic carbocycles. The summed E-state index contributed by atoms with van der Waals surface area (Å²) in [7, 11) is 1.69. The summed E-state index contributed by atoms with van der Waals surface area (Å²) in [5.41, 5.74) is 6.89. The summed E-state index contributed by atoms with van der Waals surface area (Å²) in [6.07, 6.45) is 4.30. The van der Waals surface area contributed by atoms with Gasteiger partial charge in [0.25, 0.3) is 0 Å². The van der Waals surface area contributed by atoms with Crippen molar-refractivity contribution >= 4 is 38.9 Å². The van der Waals surface area contributed by atoms with Crippen LogP contribution in [0.2, 0.25) is 5.02 Å². The lowest BCUT2D eigenvalue weighted by Crippen LogP contribution is -2.34. The van der Waals surface area contributed by atoms with Crippen molar-refractivity contribution < 1.29 is 9.30 Å². The normalized spacial score (nSPS) is 11.6. The van der Waals surface area contributed by atoms with Crippen molar-refractivity contribution in [3.05, 3.63) is 102 Å². The van der Waals surface area contributed by atoms with Crippen molar-refractivity contribution in [2.75, 3.05) is 7.11 Å². The zero-order valence-electron chi connectivity index (χ0n) is 17.5. The Balaban J connectivity index is 1.63. The van der Waals surface area contributed by atoms with Crippen LogP contribution in [0.1, 0.15) is 5.56 Å². The van der Waals surface area contributed by atoms with Crippen LogP contribution in [-0.4, -0.2) is 16.5 Å². The first kappa shape index (κ1) is 19.0. The Kier molecular flexibility index (Phi) is 4.40. The van der Waals surface area contributed by atoms with Crippen molar-refractivity contribution in [2.45, 2.75) is 6.54 Å². The minimum atomic E-state index is 0.731. The molecule has 0 aliphatic heterocycles. The van der Waals surface area contributed by atoms with E-state index in [4.69, 9.17) is 16.3 Å². The van der Waals surface area contributed by atoms with Gasteiger partial charge in [0.15, 0.2) is 5.69 Å². The van der Waals surface area contributed by atoms with Crippen molar-refractivity contribution in [1.82, 2.24) is 9.38 Å². The van der Waals surface area contributed by atoms with E-state index in [1.807, 2.05) is 24.3 Å². The molecule has 4 nitrogen and oxygen atoms in total. The van der Waals surface area contributed by atoms with Crippen LogP contribution < -0.4 is 9.30 Å². The second-order valence-electron chi connectivity index (χ2n) is 7.98. The monoisotopic (exact) mass is 438 g/mol. The molecule has 32 heavy (non-hydrogen) atoms. The number of imidazole rings is 1. The number of ether oxygens (including phenoxy) is 1. The van der Waals surface area contributed by atoms with Crippen LogP contribution in [-0.2, 0) is 6.54 Å². The number of hydrogen-bond donors (Lipinski definition) is 1. The van der Waals surface area contributed by atoms with Gasteiger partial charge in [-0.15, -0.1) is 0 Å². The maximum Gasteiger partial charge on any atom is 0.249 e. The summed E-state index contributed by atoms with van der Waals surface area (Å²) in [5.74, 6) is 0.860. The Hall–Kier alpha value is -3.76. The average Bonchev–Trinajstić information content (AvgIpc) is 3.38. The highest BCUT2D eigenvalue weighted by Gasteiger charge is 2.24. The van der Waals surface area contributed by atoms with Gasteiger partial charge in [0.2, 0.25) is 11.8 Å². The van der Waals surface area contributed by atoms with E-state index in [-0.39, 0.29) is 0 Å². The predicted molar refractivity (Wildman–Crippen MR) is 129 cm³/mol. The number of fused-ring (bicyclic) bond motifs is 5. The van der Waals surface area contributed by atoms with E-state index in [9.17, 15) is 0 Å². The van der Waals surface area contributed by atoms with Crippen LogP contribution in [0.4, 0.5) is 0 Å². The van der Waals surface area contributed by atoms with E-state index in [1.165, 1.54) is 16.3 Å². The smallest absolute Gasteiger partial charge is 0.249 e. The fourth-order valence-electron chi connectivity index (χ4n) is 4.52. The lowest BCUT2D eigenvalue weighted by molar-refractivity contribution is -0.676.